The lowest BCUT2D eigenvalue weighted by Gasteiger charge is -2.32. The van der Waals surface area contributed by atoms with Crippen molar-refractivity contribution in [1.29, 1.82) is 0 Å². The van der Waals surface area contributed by atoms with Gasteiger partial charge in [0, 0.05) is 37.9 Å². The van der Waals surface area contributed by atoms with Crippen molar-refractivity contribution >= 4 is 11.8 Å². The molecule has 0 aromatic heterocycles. The van der Waals surface area contributed by atoms with Gasteiger partial charge >= 0.3 is 6.18 Å². The number of hydrogen-bond acceptors (Lipinski definition) is 5. The van der Waals surface area contributed by atoms with Crippen LogP contribution in [0.15, 0.2) is 54.6 Å². The molecular weight excluding hydrogens is 511 g/mol. The normalized spacial score (nSPS) is 27.8. The van der Waals surface area contributed by atoms with Crippen LogP contribution in [-0.2, 0) is 20.4 Å². The number of ether oxygens (including phenoxy) is 2. The van der Waals surface area contributed by atoms with Crippen LogP contribution >= 0.6 is 0 Å². The summed E-state index contributed by atoms with van der Waals surface area (Å²) in [5.41, 5.74) is -0.521. The number of carbonyl (C=O) groups excluding carboxylic acids is 2. The molecule has 0 aliphatic carbocycles. The summed E-state index contributed by atoms with van der Waals surface area (Å²) in [6, 6.07) is 14.3. The number of nitrogens with zero attached hydrogens (tertiary/aromatic N) is 1. The van der Waals surface area contributed by atoms with Crippen LogP contribution in [0.4, 0.5) is 13.2 Å². The van der Waals surface area contributed by atoms with Gasteiger partial charge in [-0.05, 0) is 55.9 Å². The Bertz CT molecular complexity index is 1150. The van der Waals surface area contributed by atoms with Gasteiger partial charge in [0.2, 0.25) is 5.91 Å². The smallest absolute Gasteiger partial charge is 0.381 e. The third kappa shape index (κ3) is 6.45. The minimum absolute atomic E-state index is 0.0661. The molecule has 0 saturated carbocycles. The lowest BCUT2D eigenvalue weighted by Crippen LogP contribution is -2.53. The van der Waals surface area contributed by atoms with Crippen molar-refractivity contribution in [3.05, 3.63) is 71.3 Å². The van der Waals surface area contributed by atoms with Crippen molar-refractivity contribution in [2.24, 2.45) is 0 Å². The first-order valence-corrected chi connectivity index (χ1v) is 13.5. The largest absolute Gasteiger partial charge is 0.416 e. The summed E-state index contributed by atoms with van der Waals surface area (Å²) >= 11 is 0. The van der Waals surface area contributed by atoms with E-state index in [4.69, 9.17) is 9.47 Å². The predicted octanol–water partition coefficient (Wildman–Crippen LogP) is 4.10. The number of amides is 2. The number of rotatable bonds is 6. The molecule has 5 rings (SSSR count). The first-order valence-electron chi connectivity index (χ1n) is 13.5. The summed E-state index contributed by atoms with van der Waals surface area (Å²) in [7, 11) is 0. The number of alkyl halides is 3. The van der Waals surface area contributed by atoms with Gasteiger partial charge in [-0.1, -0.05) is 36.4 Å². The molecule has 3 heterocycles. The zero-order valence-electron chi connectivity index (χ0n) is 21.7. The van der Waals surface area contributed by atoms with Crippen molar-refractivity contribution in [2.75, 3.05) is 32.8 Å². The lowest BCUT2D eigenvalue weighted by atomic mass is 9.93. The van der Waals surface area contributed by atoms with Gasteiger partial charge in [0.15, 0.2) is 0 Å². The summed E-state index contributed by atoms with van der Waals surface area (Å²) in [6.07, 6.45) is -0.0712. The molecule has 2 aromatic carbocycles. The second kappa shape index (κ2) is 11.7. The van der Waals surface area contributed by atoms with Crippen molar-refractivity contribution in [3.8, 4) is 0 Å². The molecule has 2 N–H and O–H groups in total. The van der Waals surface area contributed by atoms with Gasteiger partial charge < -0.3 is 20.1 Å². The van der Waals surface area contributed by atoms with Gasteiger partial charge in [-0.3, -0.25) is 14.5 Å². The van der Waals surface area contributed by atoms with Gasteiger partial charge in [-0.2, -0.15) is 13.2 Å². The van der Waals surface area contributed by atoms with Gasteiger partial charge in [-0.15, -0.1) is 0 Å². The van der Waals surface area contributed by atoms with Crippen LogP contribution in [0.25, 0.3) is 0 Å². The molecule has 0 radical (unpaired) electrons. The molecule has 3 saturated heterocycles. The Labute approximate surface area is 226 Å². The summed E-state index contributed by atoms with van der Waals surface area (Å²) < 4.78 is 51.4. The van der Waals surface area contributed by atoms with E-state index in [2.05, 4.69) is 27.7 Å². The van der Waals surface area contributed by atoms with E-state index in [0.717, 1.165) is 56.4 Å². The monoisotopic (exact) mass is 545 g/mol. The second-order valence-corrected chi connectivity index (χ2v) is 10.6. The van der Waals surface area contributed by atoms with E-state index in [1.807, 2.05) is 18.2 Å². The minimum atomic E-state index is -4.56. The van der Waals surface area contributed by atoms with Crippen molar-refractivity contribution in [3.63, 3.8) is 0 Å². The minimum Gasteiger partial charge on any atom is -0.381 e. The number of nitrogens with one attached hydrogen (secondary N) is 2. The van der Waals surface area contributed by atoms with E-state index >= 15 is 0 Å². The number of hydrogen-bond donors (Lipinski definition) is 2. The molecule has 3 unspecified atom stereocenters. The highest BCUT2D eigenvalue weighted by molar-refractivity contribution is 5.96. The molecule has 2 aromatic rings. The molecule has 4 atom stereocenters. The Hall–Kier alpha value is -2.95. The average molecular weight is 546 g/mol. The molecule has 1 spiro atoms. The molecule has 10 heteroatoms. The fraction of sp³-hybridized carbons (Fsp3) is 0.517. The number of carbonyl (C=O) groups is 2. The summed E-state index contributed by atoms with van der Waals surface area (Å²) in [5.74, 6) is -1.14. The van der Waals surface area contributed by atoms with Gasteiger partial charge in [0.05, 0.1) is 24.3 Å². The second-order valence-electron chi connectivity index (χ2n) is 10.6. The quantitative estimate of drug-likeness (QED) is 0.572. The molecule has 7 nitrogen and oxygen atoms in total. The van der Waals surface area contributed by atoms with E-state index in [1.165, 1.54) is 12.1 Å². The van der Waals surface area contributed by atoms with E-state index in [9.17, 15) is 22.8 Å². The van der Waals surface area contributed by atoms with Crippen LogP contribution in [-0.4, -0.2) is 67.2 Å². The molecule has 39 heavy (non-hydrogen) atoms. The SMILES string of the molecule is O=C(CNC(=O)c1cccc(C(F)(F)F)c1)NC1CN(C2CCCOCC2)C[C@@]12CCC(c1ccccc1)O2. The van der Waals surface area contributed by atoms with Crippen molar-refractivity contribution in [1.82, 2.24) is 15.5 Å². The Morgan fingerprint density at radius 2 is 1.85 bits per heavy atom. The summed E-state index contributed by atoms with van der Waals surface area (Å²) in [4.78, 5) is 27.9. The number of likely N-dealkylation sites (tertiary alicyclic amines) is 1. The Kier molecular flexibility index (Phi) is 8.25. The molecular formula is C29H34F3N3O4. The van der Waals surface area contributed by atoms with Crippen LogP contribution in [0.3, 0.4) is 0 Å². The standard InChI is InChI=1S/C29H34F3N3O4/c30-29(31,32)22-9-4-8-21(16-22)27(37)33-17-26(36)34-25-18-35(23-10-5-14-38-15-12-23)19-28(25)13-11-24(39-28)20-6-2-1-3-7-20/h1-4,6-9,16,23-25H,5,10-15,17-19H2,(H,33,37)(H,34,36)/t23?,24?,25?,28-/m0/s1. The Morgan fingerprint density at radius 3 is 2.64 bits per heavy atom. The lowest BCUT2D eigenvalue weighted by molar-refractivity contribution is -0.137. The topological polar surface area (TPSA) is 79.9 Å². The molecule has 2 amide bonds. The maximum absolute atomic E-state index is 13.0. The van der Waals surface area contributed by atoms with E-state index in [1.54, 1.807) is 0 Å². The first-order chi connectivity index (χ1) is 18.7. The van der Waals surface area contributed by atoms with Crippen LogP contribution < -0.4 is 10.6 Å². The van der Waals surface area contributed by atoms with Gasteiger partial charge in [0.1, 0.15) is 5.60 Å². The Morgan fingerprint density at radius 1 is 1.03 bits per heavy atom. The van der Waals surface area contributed by atoms with Gasteiger partial charge in [0.25, 0.3) is 5.91 Å². The predicted molar refractivity (Wildman–Crippen MR) is 138 cm³/mol. The van der Waals surface area contributed by atoms with Crippen LogP contribution in [0.2, 0.25) is 0 Å². The molecule has 210 valence electrons. The maximum atomic E-state index is 13.0. The molecule has 0 bridgehead atoms. The average Bonchev–Trinajstić information content (AvgIpc) is 3.39. The van der Waals surface area contributed by atoms with Crippen molar-refractivity contribution < 1.29 is 32.2 Å². The maximum Gasteiger partial charge on any atom is 0.416 e. The zero-order valence-corrected chi connectivity index (χ0v) is 21.7. The molecule has 3 aliphatic rings. The summed E-state index contributed by atoms with van der Waals surface area (Å²) in [5, 5.41) is 5.54. The molecule has 3 fully saturated rings. The van der Waals surface area contributed by atoms with E-state index in [-0.39, 0.29) is 24.3 Å². The number of benzene rings is 2. The highest BCUT2D eigenvalue weighted by Crippen LogP contribution is 2.45. The highest BCUT2D eigenvalue weighted by Gasteiger charge is 2.54. The van der Waals surface area contributed by atoms with Gasteiger partial charge in [-0.25, -0.2) is 0 Å². The van der Waals surface area contributed by atoms with Crippen LogP contribution in [0.5, 0.6) is 0 Å². The summed E-state index contributed by atoms with van der Waals surface area (Å²) in [6.45, 7) is 2.44. The van der Waals surface area contributed by atoms with E-state index < -0.39 is 29.2 Å². The first kappa shape index (κ1) is 27.6. The fourth-order valence-corrected chi connectivity index (χ4v) is 6.02. The zero-order chi connectivity index (χ0) is 27.5. The molecule has 3 aliphatic heterocycles. The Balaban J connectivity index is 1.25. The van der Waals surface area contributed by atoms with Crippen LogP contribution in [0.1, 0.15) is 59.7 Å². The van der Waals surface area contributed by atoms with Crippen molar-refractivity contribution in [2.45, 2.75) is 62.1 Å². The van der Waals surface area contributed by atoms with Crippen LogP contribution in [0, 0.1) is 0 Å². The number of halogens is 3. The fourth-order valence-electron chi connectivity index (χ4n) is 6.02. The van der Waals surface area contributed by atoms with E-state index in [0.29, 0.717) is 25.7 Å². The highest BCUT2D eigenvalue weighted by atomic mass is 19.4. The third-order valence-corrected chi connectivity index (χ3v) is 8.04. The third-order valence-electron chi connectivity index (χ3n) is 8.04.